The van der Waals surface area contributed by atoms with E-state index in [1.807, 2.05) is 30.3 Å². The predicted molar refractivity (Wildman–Crippen MR) is 140 cm³/mol. The minimum Gasteiger partial charge on any atom is -0.489 e. The van der Waals surface area contributed by atoms with Gasteiger partial charge in [-0.3, -0.25) is 4.79 Å². The fraction of sp³-hybridized carbons (Fsp3) is 0.0690. The Balaban J connectivity index is 1.46. The van der Waals surface area contributed by atoms with E-state index in [-0.39, 0.29) is 29.1 Å². The zero-order valence-corrected chi connectivity index (χ0v) is 20.9. The van der Waals surface area contributed by atoms with E-state index in [1.54, 1.807) is 30.3 Å². The van der Waals surface area contributed by atoms with Crippen LogP contribution in [0, 0.1) is 0 Å². The van der Waals surface area contributed by atoms with Crippen molar-refractivity contribution in [1.82, 2.24) is 0 Å². The number of hydrogen-bond acceptors (Lipinski definition) is 4. The molecule has 192 valence electrons. The van der Waals surface area contributed by atoms with E-state index in [0.717, 1.165) is 11.1 Å². The maximum Gasteiger partial charge on any atom is 0.453 e. The van der Waals surface area contributed by atoms with Gasteiger partial charge in [0, 0.05) is 21.7 Å². The molecule has 0 unspecified atom stereocenters. The maximum absolute atomic E-state index is 13.9. The molecule has 0 spiro atoms. The number of benzene rings is 4. The number of ether oxygens (including phenoxy) is 2. The number of halogens is 5. The topological polar surface area (TPSA) is 48.7 Å². The summed E-state index contributed by atoms with van der Waals surface area (Å²) < 4.78 is 58.0. The first-order chi connectivity index (χ1) is 18.2. The van der Waals surface area contributed by atoms with Gasteiger partial charge in [0.2, 0.25) is 11.2 Å². The molecule has 0 N–H and O–H groups in total. The van der Waals surface area contributed by atoms with Crippen LogP contribution >= 0.6 is 23.2 Å². The van der Waals surface area contributed by atoms with Crippen LogP contribution in [0.2, 0.25) is 10.0 Å². The van der Waals surface area contributed by atoms with Crippen LogP contribution < -0.4 is 14.9 Å². The van der Waals surface area contributed by atoms with Gasteiger partial charge in [-0.05, 0) is 47.5 Å². The maximum atomic E-state index is 13.9. The molecule has 5 aromatic rings. The summed E-state index contributed by atoms with van der Waals surface area (Å²) in [7, 11) is 0. The van der Waals surface area contributed by atoms with Crippen molar-refractivity contribution < 1.29 is 27.1 Å². The zero-order valence-electron chi connectivity index (χ0n) is 19.4. The summed E-state index contributed by atoms with van der Waals surface area (Å²) in [5.74, 6) is -2.24. The summed E-state index contributed by atoms with van der Waals surface area (Å²) >= 11 is 12.0. The fourth-order valence-corrected chi connectivity index (χ4v) is 4.25. The molecule has 4 nitrogen and oxygen atoms in total. The highest BCUT2D eigenvalue weighted by Gasteiger charge is 2.40. The van der Waals surface area contributed by atoms with Gasteiger partial charge in [0.1, 0.15) is 23.7 Å². The van der Waals surface area contributed by atoms with Crippen LogP contribution in [0.5, 0.6) is 17.2 Å². The molecule has 5 rings (SSSR count). The lowest BCUT2D eigenvalue weighted by Gasteiger charge is -2.14. The van der Waals surface area contributed by atoms with E-state index in [0.29, 0.717) is 15.6 Å². The Morgan fingerprint density at radius 2 is 1.47 bits per heavy atom. The Bertz CT molecular complexity index is 1660. The number of fused-ring (bicyclic) bond motifs is 1. The molecule has 0 bridgehead atoms. The van der Waals surface area contributed by atoms with Gasteiger partial charge in [-0.2, -0.15) is 13.2 Å². The largest absolute Gasteiger partial charge is 0.489 e. The molecule has 0 aliphatic heterocycles. The van der Waals surface area contributed by atoms with Crippen molar-refractivity contribution in [1.29, 1.82) is 0 Å². The van der Waals surface area contributed by atoms with Gasteiger partial charge in [0.15, 0.2) is 0 Å². The molecule has 0 aliphatic rings. The normalized spacial score (nSPS) is 11.5. The third-order valence-corrected chi connectivity index (χ3v) is 6.26. The Morgan fingerprint density at radius 1 is 0.789 bits per heavy atom. The summed E-state index contributed by atoms with van der Waals surface area (Å²) in [6.45, 7) is 0.0258. The summed E-state index contributed by atoms with van der Waals surface area (Å²) in [6.07, 6.45) is -4.99. The molecule has 0 saturated heterocycles. The molecule has 0 radical (unpaired) electrons. The Morgan fingerprint density at radius 3 is 2.16 bits per heavy atom. The number of hydrogen-bond donors (Lipinski definition) is 0. The van der Waals surface area contributed by atoms with Gasteiger partial charge in [-0.25, -0.2) is 0 Å². The molecule has 0 atom stereocenters. The van der Waals surface area contributed by atoms with E-state index >= 15 is 0 Å². The molecular formula is C29H17Cl2F3O4. The van der Waals surface area contributed by atoms with Crippen LogP contribution in [-0.4, -0.2) is 0 Å². The second-order valence-corrected chi connectivity index (χ2v) is 9.11. The van der Waals surface area contributed by atoms with Crippen molar-refractivity contribution >= 4 is 34.2 Å². The summed E-state index contributed by atoms with van der Waals surface area (Å²) in [6, 6.07) is 24.6. The highest BCUT2D eigenvalue weighted by Crippen LogP contribution is 2.39. The molecule has 38 heavy (non-hydrogen) atoms. The molecular weight excluding hydrogens is 540 g/mol. The molecule has 9 heteroatoms. The predicted octanol–water partition coefficient (Wildman–Crippen LogP) is 9.16. The monoisotopic (exact) mass is 556 g/mol. The summed E-state index contributed by atoms with van der Waals surface area (Å²) in [4.78, 5) is 13.1. The van der Waals surface area contributed by atoms with Crippen molar-refractivity contribution in [3.63, 3.8) is 0 Å². The Labute approximate surface area is 224 Å². The van der Waals surface area contributed by atoms with Gasteiger partial charge in [0.05, 0.1) is 5.39 Å². The zero-order chi connectivity index (χ0) is 26.9. The van der Waals surface area contributed by atoms with Crippen LogP contribution in [0.4, 0.5) is 13.2 Å². The molecule has 4 aromatic carbocycles. The SMILES string of the molecule is O=c1c(Oc2ccc(-c3ccccc3)cc2)c(C(F)(F)F)oc2cc(OCc3ccc(Cl)cc3Cl)ccc12. The van der Waals surface area contributed by atoms with E-state index in [1.165, 1.54) is 30.3 Å². The third-order valence-electron chi connectivity index (χ3n) is 5.67. The summed E-state index contributed by atoms with van der Waals surface area (Å²) in [5.41, 5.74) is 1.13. The fourth-order valence-electron chi connectivity index (χ4n) is 3.79. The van der Waals surface area contributed by atoms with Crippen LogP contribution in [-0.2, 0) is 12.8 Å². The highest BCUT2D eigenvalue weighted by atomic mass is 35.5. The quantitative estimate of drug-likeness (QED) is 0.209. The van der Waals surface area contributed by atoms with E-state index in [9.17, 15) is 18.0 Å². The molecule has 1 heterocycles. The van der Waals surface area contributed by atoms with Gasteiger partial charge >= 0.3 is 6.18 Å². The van der Waals surface area contributed by atoms with Crippen molar-refractivity contribution in [2.24, 2.45) is 0 Å². The minimum absolute atomic E-state index is 0.0258. The smallest absolute Gasteiger partial charge is 0.453 e. The first-order valence-corrected chi connectivity index (χ1v) is 12.0. The molecule has 0 amide bonds. The second-order valence-electron chi connectivity index (χ2n) is 8.26. The van der Waals surface area contributed by atoms with Crippen molar-refractivity contribution in [2.75, 3.05) is 0 Å². The number of rotatable bonds is 6. The lowest BCUT2D eigenvalue weighted by molar-refractivity contribution is -0.154. The van der Waals surface area contributed by atoms with Gasteiger partial charge in [-0.15, -0.1) is 0 Å². The van der Waals surface area contributed by atoms with Crippen LogP contribution in [0.3, 0.4) is 0 Å². The molecule has 0 saturated carbocycles. The third kappa shape index (κ3) is 5.49. The van der Waals surface area contributed by atoms with Crippen LogP contribution in [0.25, 0.3) is 22.1 Å². The van der Waals surface area contributed by atoms with Crippen molar-refractivity contribution in [3.05, 3.63) is 123 Å². The average Bonchev–Trinajstić information content (AvgIpc) is 2.90. The van der Waals surface area contributed by atoms with Crippen LogP contribution in [0.1, 0.15) is 11.3 Å². The van der Waals surface area contributed by atoms with Gasteiger partial charge in [-0.1, -0.05) is 71.7 Å². The average molecular weight is 557 g/mol. The standard InChI is InChI=1S/C29H17Cl2F3O4/c30-20-9-6-19(24(31)14-20)16-36-22-12-13-23-25(15-22)38-28(29(32,33)34)27(26(23)35)37-21-10-7-18(8-11-21)17-4-2-1-3-5-17/h1-15H,16H2. The molecule has 1 aromatic heterocycles. The molecule has 0 fully saturated rings. The van der Waals surface area contributed by atoms with Gasteiger partial charge < -0.3 is 13.9 Å². The first-order valence-electron chi connectivity index (χ1n) is 11.3. The lowest BCUT2D eigenvalue weighted by Crippen LogP contribution is -2.15. The lowest BCUT2D eigenvalue weighted by atomic mass is 10.1. The second kappa shape index (κ2) is 10.4. The Kier molecular flexibility index (Phi) is 7.06. The van der Waals surface area contributed by atoms with Crippen molar-refractivity contribution in [3.8, 4) is 28.4 Å². The van der Waals surface area contributed by atoms with E-state index in [2.05, 4.69) is 0 Å². The first kappa shape index (κ1) is 25.7. The number of alkyl halides is 3. The Hall–Kier alpha value is -3.94. The van der Waals surface area contributed by atoms with Crippen LogP contribution in [0.15, 0.2) is 100 Å². The van der Waals surface area contributed by atoms with Crippen molar-refractivity contribution in [2.45, 2.75) is 12.8 Å². The van der Waals surface area contributed by atoms with E-state index < -0.39 is 23.1 Å². The van der Waals surface area contributed by atoms with E-state index in [4.69, 9.17) is 37.1 Å². The molecule has 0 aliphatic carbocycles. The van der Waals surface area contributed by atoms with Gasteiger partial charge in [0.25, 0.3) is 5.76 Å². The summed E-state index contributed by atoms with van der Waals surface area (Å²) in [5, 5.41) is 0.740. The highest BCUT2D eigenvalue weighted by molar-refractivity contribution is 6.35. The minimum atomic E-state index is -4.99.